The molecule has 104 valence electrons. The van der Waals surface area contributed by atoms with Gasteiger partial charge in [-0.1, -0.05) is 6.07 Å². The van der Waals surface area contributed by atoms with Gasteiger partial charge < -0.3 is 10.1 Å². The Kier molecular flexibility index (Phi) is 4.14. The minimum absolute atomic E-state index is 0.00186. The summed E-state index contributed by atoms with van der Waals surface area (Å²) in [5.74, 6) is 0.0384. The number of benzene rings is 2. The SMILES string of the molecule is CNc1cc(COc2cccc(F)c2)ccc1[N+](=O)[O-]. The van der Waals surface area contributed by atoms with Gasteiger partial charge in [0.25, 0.3) is 5.69 Å². The molecule has 6 heteroatoms. The van der Waals surface area contributed by atoms with Crippen LogP contribution in [0.3, 0.4) is 0 Å². The topological polar surface area (TPSA) is 64.4 Å². The summed E-state index contributed by atoms with van der Waals surface area (Å²) in [6.07, 6.45) is 0. The zero-order valence-corrected chi connectivity index (χ0v) is 10.8. The van der Waals surface area contributed by atoms with E-state index >= 15 is 0 Å². The van der Waals surface area contributed by atoms with Crippen molar-refractivity contribution >= 4 is 11.4 Å². The van der Waals surface area contributed by atoms with Crippen molar-refractivity contribution in [2.45, 2.75) is 6.61 Å². The van der Waals surface area contributed by atoms with E-state index in [1.165, 1.54) is 18.2 Å². The van der Waals surface area contributed by atoms with Crippen LogP contribution in [0.15, 0.2) is 42.5 Å². The molecule has 0 aliphatic carbocycles. The van der Waals surface area contributed by atoms with E-state index in [0.29, 0.717) is 11.4 Å². The average Bonchev–Trinajstić information content (AvgIpc) is 2.44. The molecule has 0 heterocycles. The van der Waals surface area contributed by atoms with Crippen molar-refractivity contribution in [1.82, 2.24) is 0 Å². The van der Waals surface area contributed by atoms with Gasteiger partial charge in [0, 0.05) is 19.2 Å². The van der Waals surface area contributed by atoms with E-state index in [1.54, 1.807) is 31.3 Å². The normalized spacial score (nSPS) is 10.1. The molecule has 0 spiro atoms. The Morgan fingerprint density at radius 3 is 2.75 bits per heavy atom. The van der Waals surface area contributed by atoms with Crippen molar-refractivity contribution in [3.8, 4) is 5.75 Å². The molecule has 0 radical (unpaired) electrons. The molecule has 0 saturated heterocycles. The third-order valence-corrected chi connectivity index (χ3v) is 2.73. The van der Waals surface area contributed by atoms with Gasteiger partial charge in [-0.2, -0.15) is 0 Å². The maximum Gasteiger partial charge on any atom is 0.292 e. The third-order valence-electron chi connectivity index (χ3n) is 2.73. The average molecular weight is 276 g/mol. The highest BCUT2D eigenvalue weighted by molar-refractivity contribution is 5.62. The lowest BCUT2D eigenvalue weighted by Gasteiger charge is -2.08. The fraction of sp³-hybridized carbons (Fsp3) is 0.143. The predicted octanol–water partition coefficient (Wildman–Crippen LogP) is 3.35. The molecule has 0 aromatic heterocycles. The first kappa shape index (κ1) is 13.8. The summed E-state index contributed by atoms with van der Waals surface area (Å²) >= 11 is 0. The number of ether oxygens (including phenoxy) is 1. The zero-order valence-electron chi connectivity index (χ0n) is 10.8. The summed E-state index contributed by atoms with van der Waals surface area (Å²) in [5, 5.41) is 13.6. The van der Waals surface area contributed by atoms with Gasteiger partial charge in [0.2, 0.25) is 0 Å². The molecular formula is C14H13FN2O3. The van der Waals surface area contributed by atoms with Gasteiger partial charge in [-0.3, -0.25) is 10.1 Å². The Labute approximate surface area is 115 Å². The number of nitrogens with zero attached hydrogens (tertiary/aromatic N) is 1. The van der Waals surface area contributed by atoms with Crippen LogP contribution in [0.4, 0.5) is 15.8 Å². The zero-order chi connectivity index (χ0) is 14.5. The quantitative estimate of drug-likeness (QED) is 0.671. The Bertz CT molecular complexity index is 632. The summed E-state index contributed by atoms with van der Waals surface area (Å²) in [4.78, 5) is 10.3. The summed E-state index contributed by atoms with van der Waals surface area (Å²) in [7, 11) is 1.61. The van der Waals surface area contributed by atoms with E-state index in [2.05, 4.69) is 5.32 Å². The fourth-order valence-electron chi connectivity index (χ4n) is 1.76. The van der Waals surface area contributed by atoms with Gasteiger partial charge in [0.1, 0.15) is 23.9 Å². The second kappa shape index (κ2) is 6.01. The lowest BCUT2D eigenvalue weighted by Crippen LogP contribution is -2.00. The van der Waals surface area contributed by atoms with Gasteiger partial charge in [-0.25, -0.2) is 4.39 Å². The lowest BCUT2D eigenvalue weighted by atomic mass is 10.2. The van der Waals surface area contributed by atoms with E-state index in [4.69, 9.17) is 4.74 Å². The Morgan fingerprint density at radius 2 is 2.10 bits per heavy atom. The number of halogens is 1. The fourth-order valence-corrected chi connectivity index (χ4v) is 1.76. The smallest absolute Gasteiger partial charge is 0.292 e. The van der Waals surface area contributed by atoms with Crippen molar-refractivity contribution in [2.75, 3.05) is 12.4 Å². The highest BCUT2D eigenvalue weighted by atomic mass is 19.1. The first-order chi connectivity index (χ1) is 9.60. The van der Waals surface area contributed by atoms with E-state index in [0.717, 1.165) is 5.56 Å². The first-order valence-electron chi connectivity index (χ1n) is 5.93. The lowest BCUT2D eigenvalue weighted by molar-refractivity contribution is -0.384. The van der Waals surface area contributed by atoms with Crippen LogP contribution in [0.2, 0.25) is 0 Å². The van der Waals surface area contributed by atoms with Crippen LogP contribution in [-0.2, 0) is 6.61 Å². The minimum Gasteiger partial charge on any atom is -0.489 e. The Hall–Kier alpha value is -2.63. The van der Waals surface area contributed by atoms with Crippen molar-refractivity contribution in [1.29, 1.82) is 0 Å². The molecule has 0 aliphatic heterocycles. The first-order valence-corrected chi connectivity index (χ1v) is 5.93. The number of anilines is 1. The summed E-state index contributed by atoms with van der Waals surface area (Å²) in [6.45, 7) is 0.204. The maximum absolute atomic E-state index is 13.0. The molecule has 0 aliphatic rings. The van der Waals surface area contributed by atoms with Crippen LogP contribution < -0.4 is 10.1 Å². The number of nitro benzene ring substituents is 1. The number of hydrogen-bond donors (Lipinski definition) is 1. The molecule has 2 rings (SSSR count). The van der Waals surface area contributed by atoms with Gasteiger partial charge in [-0.05, 0) is 29.8 Å². The Morgan fingerprint density at radius 1 is 1.30 bits per heavy atom. The van der Waals surface area contributed by atoms with Crippen LogP contribution >= 0.6 is 0 Å². The molecule has 2 aromatic rings. The van der Waals surface area contributed by atoms with Crippen LogP contribution in [0.1, 0.15) is 5.56 Å². The van der Waals surface area contributed by atoms with Crippen LogP contribution in [0.5, 0.6) is 5.75 Å². The minimum atomic E-state index is -0.455. The van der Waals surface area contributed by atoms with Gasteiger partial charge >= 0.3 is 0 Å². The predicted molar refractivity (Wildman–Crippen MR) is 73.4 cm³/mol. The summed E-state index contributed by atoms with van der Waals surface area (Å²) in [6, 6.07) is 10.5. The van der Waals surface area contributed by atoms with E-state index < -0.39 is 4.92 Å². The molecule has 0 unspecified atom stereocenters. The monoisotopic (exact) mass is 276 g/mol. The summed E-state index contributed by atoms with van der Waals surface area (Å²) < 4.78 is 18.4. The molecule has 0 bridgehead atoms. The van der Waals surface area contributed by atoms with Crippen molar-refractivity contribution in [3.05, 3.63) is 64.0 Å². The molecule has 0 amide bonds. The van der Waals surface area contributed by atoms with E-state index in [1.807, 2.05) is 0 Å². The molecule has 0 saturated carbocycles. The second-order valence-electron chi connectivity index (χ2n) is 4.10. The second-order valence-corrected chi connectivity index (χ2v) is 4.10. The van der Waals surface area contributed by atoms with Gasteiger partial charge in [0.15, 0.2) is 0 Å². The van der Waals surface area contributed by atoms with Gasteiger partial charge in [0.05, 0.1) is 4.92 Å². The molecule has 0 atom stereocenters. The largest absolute Gasteiger partial charge is 0.489 e. The van der Waals surface area contributed by atoms with Crippen LogP contribution in [-0.4, -0.2) is 12.0 Å². The molecule has 20 heavy (non-hydrogen) atoms. The van der Waals surface area contributed by atoms with E-state index in [9.17, 15) is 14.5 Å². The molecule has 5 nitrogen and oxygen atoms in total. The number of nitro groups is 1. The standard InChI is InChI=1S/C14H13FN2O3/c1-16-13-7-10(5-6-14(13)17(18)19)9-20-12-4-2-3-11(15)8-12/h2-8,16H,9H2,1H3. The highest BCUT2D eigenvalue weighted by Gasteiger charge is 2.12. The van der Waals surface area contributed by atoms with Crippen molar-refractivity contribution in [2.24, 2.45) is 0 Å². The van der Waals surface area contributed by atoms with Crippen LogP contribution in [0.25, 0.3) is 0 Å². The third kappa shape index (κ3) is 3.23. The number of hydrogen-bond acceptors (Lipinski definition) is 4. The van der Waals surface area contributed by atoms with Gasteiger partial charge in [-0.15, -0.1) is 0 Å². The van der Waals surface area contributed by atoms with Crippen LogP contribution in [0, 0.1) is 15.9 Å². The van der Waals surface area contributed by atoms with Crippen molar-refractivity contribution in [3.63, 3.8) is 0 Å². The number of nitrogens with one attached hydrogen (secondary N) is 1. The maximum atomic E-state index is 13.0. The molecule has 0 fully saturated rings. The highest BCUT2D eigenvalue weighted by Crippen LogP contribution is 2.25. The number of rotatable bonds is 5. The summed E-state index contributed by atoms with van der Waals surface area (Å²) in [5.41, 5.74) is 1.17. The van der Waals surface area contributed by atoms with Crippen molar-refractivity contribution < 1.29 is 14.1 Å². The molecule has 1 N–H and O–H groups in total. The molecular weight excluding hydrogens is 263 g/mol. The van der Waals surface area contributed by atoms with E-state index in [-0.39, 0.29) is 18.1 Å². The Balaban J connectivity index is 2.12. The molecule has 2 aromatic carbocycles.